The summed E-state index contributed by atoms with van der Waals surface area (Å²) >= 11 is 6.00. The van der Waals surface area contributed by atoms with E-state index in [2.05, 4.69) is 22.3 Å². The molecule has 0 spiro atoms. The molecule has 1 N–H and O–H groups in total. The average molecular weight is 440 g/mol. The minimum Gasteiger partial charge on any atom is -0.375 e. The van der Waals surface area contributed by atoms with Crippen molar-refractivity contribution >= 4 is 29.1 Å². The fourth-order valence-electron chi connectivity index (χ4n) is 4.58. The number of amides is 2. The number of halogens is 1. The van der Waals surface area contributed by atoms with Crippen molar-refractivity contribution in [3.05, 3.63) is 64.7 Å². The minimum atomic E-state index is -0.185. The lowest BCUT2D eigenvalue weighted by molar-refractivity contribution is -0.126. The first-order valence-corrected chi connectivity index (χ1v) is 11.6. The molecule has 31 heavy (non-hydrogen) atoms. The summed E-state index contributed by atoms with van der Waals surface area (Å²) in [5.41, 5.74) is 2.72. The molecule has 0 unspecified atom stereocenters. The van der Waals surface area contributed by atoms with E-state index < -0.39 is 0 Å². The van der Waals surface area contributed by atoms with Crippen LogP contribution in [0.25, 0.3) is 0 Å². The lowest BCUT2D eigenvalue weighted by Crippen LogP contribution is -2.38. The van der Waals surface area contributed by atoms with Crippen LogP contribution in [0.15, 0.2) is 48.5 Å². The van der Waals surface area contributed by atoms with Crippen molar-refractivity contribution in [3.8, 4) is 0 Å². The molecule has 2 aromatic carbocycles. The number of carbonyl (C=O) groups excluding carboxylic acids is 2. The van der Waals surface area contributed by atoms with Crippen LogP contribution >= 0.6 is 11.6 Å². The van der Waals surface area contributed by atoms with Crippen LogP contribution in [-0.2, 0) is 4.79 Å². The molecule has 0 saturated carbocycles. The maximum atomic E-state index is 12.8. The predicted molar refractivity (Wildman–Crippen MR) is 125 cm³/mol. The highest BCUT2D eigenvalue weighted by Gasteiger charge is 2.27. The largest absolute Gasteiger partial charge is 0.375 e. The fraction of sp³-hybridized carbons (Fsp3) is 0.440. The van der Waals surface area contributed by atoms with Gasteiger partial charge in [0.05, 0.1) is 12.1 Å². The third-order valence-electron chi connectivity index (χ3n) is 6.42. The molecule has 0 aliphatic carbocycles. The second-order valence-corrected chi connectivity index (χ2v) is 8.91. The molecule has 0 atom stereocenters. The number of hydrogen-bond acceptors (Lipinski definition) is 4. The maximum Gasteiger partial charge on any atom is 0.262 e. The average Bonchev–Trinajstić information content (AvgIpc) is 2.91. The summed E-state index contributed by atoms with van der Waals surface area (Å²) < 4.78 is 0. The van der Waals surface area contributed by atoms with Crippen LogP contribution in [0.1, 0.15) is 53.9 Å². The zero-order valence-corrected chi connectivity index (χ0v) is 18.6. The van der Waals surface area contributed by atoms with Crippen LogP contribution in [0.4, 0.5) is 5.69 Å². The van der Waals surface area contributed by atoms with Crippen LogP contribution in [0.3, 0.4) is 0 Å². The Labute approximate surface area is 189 Å². The van der Waals surface area contributed by atoms with Gasteiger partial charge in [-0.1, -0.05) is 42.3 Å². The van der Waals surface area contributed by atoms with Crippen LogP contribution in [0.5, 0.6) is 0 Å². The highest BCUT2D eigenvalue weighted by atomic mass is 35.5. The van der Waals surface area contributed by atoms with Gasteiger partial charge in [-0.05, 0) is 81.1 Å². The molecule has 2 aliphatic heterocycles. The van der Waals surface area contributed by atoms with E-state index >= 15 is 0 Å². The van der Waals surface area contributed by atoms with Gasteiger partial charge in [0.25, 0.3) is 5.91 Å². The number of nitrogens with one attached hydrogen (secondary N) is 1. The Balaban J connectivity index is 1.17. The number of rotatable bonds is 7. The van der Waals surface area contributed by atoms with Crippen molar-refractivity contribution in [2.24, 2.45) is 0 Å². The molecule has 1 fully saturated rings. The number of anilines is 1. The molecule has 1 saturated heterocycles. The first kappa shape index (κ1) is 21.8. The predicted octanol–water partition coefficient (Wildman–Crippen LogP) is 4.78. The zero-order valence-electron chi connectivity index (χ0n) is 17.9. The molecule has 2 aliphatic rings. The number of nitrogens with zero attached hydrogens (tertiary/aromatic N) is 2. The van der Waals surface area contributed by atoms with Gasteiger partial charge in [0.1, 0.15) is 0 Å². The molecule has 2 amide bonds. The first-order valence-electron chi connectivity index (χ1n) is 11.3. The first-order chi connectivity index (χ1) is 15.1. The molecular formula is C25H30ClN3O2. The summed E-state index contributed by atoms with van der Waals surface area (Å²) in [5, 5.41) is 3.87. The van der Waals surface area contributed by atoms with Crippen molar-refractivity contribution in [2.75, 3.05) is 38.0 Å². The number of unbranched alkanes of at least 4 members (excludes halogenated alkanes) is 2. The van der Waals surface area contributed by atoms with E-state index in [-0.39, 0.29) is 18.4 Å². The number of benzene rings is 2. The number of hydrogen-bond donors (Lipinski definition) is 1. The molecule has 164 valence electrons. The van der Waals surface area contributed by atoms with Gasteiger partial charge in [0.2, 0.25) is 5.91 Å². The van der Waals surface area contributed by atoms with E-state index in [4.69, 9.17) is 11.6 Å². The molecular weight excluding hydrogens is 410 g/mol. The molecule has 2 aromatic rings. The Morgan fingerprint density at radius 2 is 1.61 bits per heavy atom. The van der Waals surface area contributed by atoms with Gasteiger partial charge in [-0.2, -0.15) is 0 Å². The van der Waals surface area contributed by atoms with Crippen molar-refractivity contribution in [2.45, 2.75) is 38.0 Å². The standard InChI is InChI=1S/C25H30ClN3O2/c26-21-10-8-19(9-11-21)20-12-16-28(17-13-20)14-4-1-5-15-29-24(30)18-27-23-7-3-2-6-22(23)25(29)31/h2-3,6-11,20,27H,1,4-5,12-18H2. The number of carbonyl (C=O) groups is 2. The normalized spacial score (nSPS) is 17.9. The molecule has 0 aromatic heterocycles. The Morgan fingerprint density at radius 1 is 0.903 bits per heavy atom. The summed E-state index contributed by atoms with van der Waals surface area (Å²) in [6.07, 6.45) is 5.33. The molecule has 0 bridgehead atoms. The maximum absolute atomic E-state index is 12.8. The van der Waals surface area contributed by atoms with E-state index in [1.54, 1.807) is 6.07 Å². The number of fused-ring (bicyclic) bond motifs is 1. The van der Waals surface area contributed by atoms with Crippen molar-refractivity contribution in [1.82, 2.24) is 9.80 Å². The highest BCUT2D eigenvalue weighted by molar-refractivity contribution is 6.30. The van der Waals surface area contributed by atoms with E-state index in [1.165, 1.54) is 23.3 Å². The van der Waals surface area contributed by atoms with Crippen molar-refractivity contribution in [3.63, 3.8) is 0 Å². The summed E-state index contributed by atoms with van der Waals surface area (Å²) in [5.74, 6) is 0.297. The molecule has 4 rings (SSSR count). The van der Waals surface area contributed by atoms with Gasteiger partial charge in [-0.25, -0.2) is 0 Å². The third-order valence-corrected chi connectivity index (χ3v) is 6.67. The Hall–Kier alpha value is -2.37. The number of likely N-dealkylation sites (tertiary alicyclic amines) is 1. The van der Waals surface area contributed by atoms with Gasteiger partial charge in [0.15, 0.2) is 0 Å². The smallest absolute Gasteiger partial charge is 0.262 e. The second-order valence-electron chi connectivity index (χ2n) is 8.48. The topological polar surface area (TPSA) is 52.7 Å². The lowest BCUT2D eigenvalue weighted by Gasteiger charge is -2.32. The number of para-hydroxylation sites is 1. The summed E-state index contributed by atoms with van der Waals surface area (Å²) in [7, 11) is 0. The summed E-state index contributed by atoms with van der Waals surface area (Å²) in [4.78, 5) is 29.1. The Morgan fingerprint density at radius 3 is 2.39 bits per heavy atom. The number of imide groups is 1. The number of piperidine rings is 1. The monoisotopic (exact) mass is 439 g/mol. The van der Waals surface area contributed by atoms with Gasteiger partial charge in [-0.3, -0.25) is 14.5 Å². The zero-order chi connectivity index (χ0) is 21.6. The summed E-state index contributed by atoms with van der Waals surface area (Å²) in [6, 6.07) is 15.6. The highest BCUT2D eigenvalue weighted by Crippen LogP contribution is 2.29. The summed E-state index contributed by atoms with van der Waals surface area (Å²) in [6.45, 7) is 3.99. The molecule has 2 heterocycles. The van der Waals surface area contributed by atoms with Crippen LogP contribution in [0.2, 0.25) is 5.02 Å². The second kappa shape index (κ2) is 10.3. The van der Waals surface area contributed by atoms with E-state index in [0.717, 1.165) is 49.6 Å². The van der Waals surface area contributed by atoms with Crippen molar-refractivity contribution < 1.29 is 9.59 Å². The van der Waals surface area contributed by atoms with Crippen LogP contribution < -0.4 is 5.32 Å². The fourth-order valence-corrected chi connectivity index (χ4v) is 4.71. The van der Waals surface area contributed by atoms with Gasteiger partial charge < -0.3 is 10.2 Å². The van der Waals surface area contributed by atoms with E-state index in [1.807, 2.05) is 30.3 Å². The Kier molecular flexibility index (Phi) is 7.25. The third kappa shape index (κ3) is 5.46. The quantitative estimate of drug-likeness (QED) is 0.498. The van der Waals surface area contributed by atoms with Crippen LogP contribution in [0, 0.1) is 0 Å². The van der Waals surface area contributed by atoms with Gasteiger partial charge in [-0.15, -0.1) is 0 Å². The minimum absolute atomic E-state index is 0.148. The van der Waals surface area contributed by atoms with Gasteiger partial charge in [0, 0.05) is 17.3 Å². The molecule has 6 heteroatoms. The Bertz CT molecular complexity index is 907. The van der Waals surface area contributed by atoms with E-state index in [0.29, 0.717) is 18.0 Å². The van der Waals surface area contributed by atoms with Gasteiger partial charge >= 0.3 is 0 Å². The lowest BCUT2D eigenvalue weighted by atomic mass is 9.89. The van der Waals surface area contributed by atoms with E-state index in [9.17, 15) is 9.59 Å². The van der Waals surface area contributed by atoms with Crippen LogP contribution in [-0.4, -0.2) is 54.3 Å². The SMILES string of the molecule is O=C1CNc2ccccc2C(=O)N1CCCCCN1CCC(c2ccc(Cl)cc2)CC1. The molecule has 0 radical (unpaired) electrons. The van der Waals surface area contributed by atoms with Crippen molar-refractivity contribution in [1.29, 1.82) is 0 Å². The molecule has 5 nitrogen and oxygen atoms in total.